The average Bonchev–Trinajstić information content (AvgIpc) is 2.81. The highest BCUT2D eigenvalue weighted by Gasteiger charge is 2.09. The van der Waals surface area contributed by atoms with Gasteiger partial charge in [-0.2, -0.15) is 5.10 Å². The number of hydrogen-bond donors (Lipinski definition) is 1. The van der Waals surface area contributed by atoms with E-state index in [0.717, 1.165) is 29.0 Å². The standard InChI is InChI=1S/C14H14N4/c1-2-11-8-14-16-13(15)9-12(18(14)17-11)10-6-4-3-5-7-10/h3-9H,2H2,1H3,(H2,15,16). The van der Waals surface area contributed by atoms with Crippen molar-refractivity contribution in [3.63, 3.8) is 0 Å². The molecule has 0 aliphatic carbocycles. The van der Waals surface area contributed by atoms with Crippen molar-refractivity contribution in [1.82, 2.24) is 14.6 Å². The molecule has 3 aromatic rings. The summed E-state index contributed by atoms with van der Waals surface area (Å²) < 4.78 is 1.85. The van der Waals surface area contributed by atoms with Crippen molar-refractivity contribution >= 4 is 11.5 Å². The molecule has 4 nitrogen and oxygen atoms in total. The normalized spacial score (nSPS) is 10.9. The molecular weight excluding hydrogens is 224 g/mol. The zero-order chi connectivity index (χ0) is 12.5. The molecule has 0 spiro atoms. The van der Waals surface area contributed by atoms with Gasteiger partial charge in [0.05, 0.1) is 11.4 Å². The Morgan fingerprint density at radius 3 is 2.67 bits per heavy atom. The Hall–Kier alpha value is -2.36. The quantitative estimate of drug-likeness (QED) is 0.746. The van der Waals surface area contributed by atoms with Gasteiger partial charge in [-0.05, 0) is 6.42 Å². The second kappa shape index (κ2) is 4.14. The molecule has 2 heterocycles. The van der Waals surface area contributed by atoms with Gasteiger partial charge in [0.25, 0.3) is 0 Å². The Labute approximate surface area is 105 Å². The smallest absolute Gasteiger partial charge is 0.158 e. The fourth-order valence-electron chi connectivity index (χ4n) is 2.03. The third-order valence-electron chi connectivity index (χ3n) is 2.93. The molecule has 0 fully saturated rings. The summed E-state index contributed by atoms with van der Waals surface area (Å²) in [6.07, 6.45) is 0.886. The van der Waals surface area contributed by atoms with Crippen molar-refractivity contribution < 1.29 is 0 Å². The van der Waals surface area contributed by atoms with Crippen LogP contribution < -0.4 is 5.73 Å². The van der Waals surface area contributed by atoms with Gasteiger partial charge in [-0.3, -0.25) is 0 Å². The van der Waals surface area contributed by atoms with E-state index in [9.17, 15) is 0 Å². The molecule has 2 N–H and O–H groups in total. The average molecular weight is 238 g/mol. The van der Waals surface area contributed by atoms with E-state index < -0.39 is 0 Å². The lowest BCUT2D eigenvalue weighted by Gasteiger charge is -2.05. The number of fused-ring (bicyclic) bond motifs is 1. The van der Waals surface area contributed by atoms with Crippen molar-refractivity contribution in [2.75, 3.05) is 5.73 Å². The topological polar surface area (TPSA) is 56.2 Å². The van der Waals surface area contributed by atoms with Crippen LogP contribution in [0.4, 0.5) is 5.82 Å². The van der Waals surface area contributed by atoms with E-state index in [4.69, 9.17) is 5.73 Å². The van der Waals surface area contributed by atoms with Crippen LogP contribution in [0.5, 0.6) is 0 Å². The van der Waals surface area contributed by atoms with E-state index in [1.807, 2.05) is 47.0 Å². The molecule has 4 heteroatoms. The molecule has 0 atom stereocenters. The Morgan fingerprint density at radius 2 is 1.94 bits per heavy atom. The van der Waals surface area contributed by atoms with Crippen LogP contribution in [-0.4, -0.2) is 14.6 Å². The number of aromatic nitrogens is 3. The highest BCUT2D eigenvalue weighted by atomic mass is 15.3. The number of nitrogens with two attached hydrogens (primary N) is 1. The van der Waals surface area contributed by atoms with Crippen molar-refractivity contribution in [2.24, 2.45) is 0 Å². The van der Waals surface area contributed by atoms with E-state index in [1.54, 1.807) is 0 Å². The third-order valence-corrected chi connectivity index (χ3v) is 2.93. The van der Waals surface area contributed by atoms with Crippen molar-refractivity contribution in [1.29, 1.82) is 0 Å². The van der Waals surface area contributed by atoms with Gasteiger partial charge in [0.1, 0.15) is 5.82 Å². The van der Waals surface area contributed by atoms with Crippen LogP contribution >= 0.6 is 0 Å². The first-order valence-electron chi connectivity index (χ1n) is 5.98. The van der Waals surface area contributed by atoms with E-state index in [1.165, 1.54) is 0 Å². The molecule has 2 aromatic heterocycles. The minimum absolute atomic E-state index is 0.518. The number of rotatable bonds is 2. The van der Waals surface area contributed by atoms with Gasteiger partial charge in [0, 0.05) is 17.7 Å². The van der Waals surface area contributed by atoms with Gasteiger partial charge in [-0.15, -0.1) is 0 Å². The lowest BCUT2D eigenvalue weighted by molar-refractivity contribution is 0.894. The van der Waals surface area contributed by atoms with Crippen LogP contribution in [0, 0.1) is 0 Å². The van der Waals surface area contributed by atoms with Gasteiger partial charge in [-0.25, -0.2) is 9.50 Å². The van der Waals surface area contributed by atoms with E-state index in [0.29, 0.717) is 5.82 Å². The second-order valence-electron chi connectivity index (χ2n) is 4.19. The molecule has 1 aromatic carbocycles. The largest absolute Gasteiger partial charge is 0.384 e. The maximum atomic E-state index is 5.86. The molecule has 0 saturated carbocycles. The molecular formula is C14H14N4. The van der Waals surface area contributed by atoms with Crippen molar-refractivity contribution in [3.8, 4) is 11.3 Å². The van der Waals surface area contributed by atoms with Gasteiger partial charge in [0.2, 0.25) is 0 Å². The van der Waals surface area contributed by atoms with Gasteiger partial charge < -0.3 is 5.73 Å². The third kappa shape index (κ3) is 1.72. The monoisotopic (exact) mass is 238 g/mol. The van der Waals surface area contributed by atoms with Crippen LogP contribution in [0.15, 0.2) is 42.5 Å². The van der Waals surface area contributed by atoms with Crippen molar-refractivity contribution in [2.45, 2.75) is 13.3 Å². The minimum Gasteiger partial charge on any atom is -0.384 e. The molecule has 90 valence electrons. The predicted octanol–water partition coefficient (Wildman–Crippen LogP) is 2.54. The SMILES string of the molecule is CCc1cc2nc(N)cc(-c3ccccc3)n2n1. The molecule has 0 amide bonds. The summed E-state index contributed by atoms with van der Waals surface area (Å²) in [6.45, 7) is 2.08. The molecule has 0 aliphatic heterocycles. The molecule has 0 bridgehead atoms. The van der Waals surface area contributed by atoms with Gasteiger partial charge >= 0.3 is 0 Å². The summed E-state index contributed by atoms with van der Waals surface area (Å²) in [7, 11) is 0. The highest BCUT2D eigenvalue weighted by molar-refractivity contribution is 5.66. The summed E-state index contributed by atoms with van der Waals surface area (Å²) in [5.74, 6) is 0.518. The zero-order valence-corrected chi connectivity index (χ0v) is 10.2. The predicted molar refractivity (Wildman–Crippen MR) is 72.2 cm³/mol. The molecule has 0 unspecified atom stereocenters. The molecule has 18 heavy (non-hydrogen) atoms. The van der Waals surface area contributed by atoms with Gasteiger partial charge in [-0.1, -0.05) is 37.3 Å². The molecule has 3 rings (SSSR count). The van der Waals surface area contributed by atoms with Crippen molar-refractivity contribution in [3.05, 3.63) is 48.2 Å². The lowest BCUT2D eigenvalue weighted by Crippen LogP contribution is -2.00. The van der Waals surface area contributed by atoms with Gasteiger partial charge in [0.15, 0.2) is 5.65 Å². The first-order chi connectivity index (χ1) is 8.78. The molecule has 0 saturated heterocycles. The maximum Gasteiger partial charge on any atom is 0.158 e. The maximum absolute atomic E-state index is 5.86. The van der Waals surface area contributed by atoms with Crippen LogP contribution in [0.25, 0.3) is 16.9 Å². The number of benzene rings is 1. The fraction of sp³-hybridized carbons (Fsp3) is 0.143. The highest BCUT2D eigenvalue weighted by Crippen LogP contribution is 2.22. The number of nitrogens with zero attached hydrogens (tertiary/aromatic N) is 3. The minimum atomic E-state index is 0.518. The molecule has 0 aliphatic rings. The van der Waals surface area contributed by atoms with E-state index in [-0.39, 0.29) is 0 Å². The van der Waals surface area contributed by atoms with E-state index >= 15 is 0 Å². The number of anilines is 1. The Morgan fingerprint density at radius 1 is 1.17 bits per heavy atom. The summed E-state index contributed by atoms with van der Waals surface area (Å²) in [6, 6.07) is 13.9. The second-order valence-corrected chi connectivity index (χ2v) is 4.19. The van der Waals surface area contributed by atoms with Crippen LogP contribution in [0.2, 0.25) is 0 Å². The Bertz CT molecular complexity index is 686. The van der Waals surface area contributed by atoms with Crippen LogP contribution in [0.1, 0.15) is 12.6 Å². The van der Waals surface area contributed by atoms with E-state index in [2.05, 4.69) is 17.0 Å². The summed E-state index contributed by atoms with van der Waals surface area (Å²) in [4.78, 5) is 4.31. The number of hydrogen-bond acceptors (Lipinski definition) is 3. The number of aryl methyl sites for hydroxylation is 1. The zero-order valence-electron chi connectivity index (χ0n) is 10.2. The summed E-state index contributed by atoms with van der Waals surface area (Å²) in [5.41, 5.74) is 9.73. The summed E-state index contributed by atoms with van der Waals surface area (Å²) in [5, 5.41) is 4.55. The first kappa shape index (κ1) is 10.8. The summed E-state index contributed by atoms with van der Waals surface area (Å²) >= 11 is 0. The molecule has 0 radical (unpaired) electrons. The Kier molecular flexibility index (Phi) is 2.48. The van der Waals surface area contributed by atoms with Crippen LogP contribution in [0.3, 0.4) is 0 Å². The first-order valence-corrected chi connectivity index (χ1v) is 5.98. The van der Waals surface area contributed by atoms with Crippen LogP contribution in [-0.2, 0) is 6.42 Å². The fourth-order valence-corrected chi connectivity index (χ4v) is 2.03. The number of nitrogen functional groups attached to an aromatic ring is 1. The lowest BCUT2D eigenvalue weighted by atomic mass is 10.1. The Balaban J connectivity index is 2.30.